The van der Waals surface area contributed by atoms with Gasteiger partial charge in [0.25, 0.3) is 0 Å². The van der Waals surface area contributed by atoms with E-state index in [4.69, 9.17) is 14.7 Å². The summed E-state index contributed by atoms with van der Waals surface area (Å²) in [6.45, 7) is 10.6. The van der Waals surface area contributed by atoms with Crippen molar-refractivity contribution in [2.24, 2.45) is 0 Å². The summed E-state index contributed by atoms with van der Waals surface area (Å²) in [4.78, 5) is 30.0. The van der Waals surface area contributed by atoms with Gasteiger partial charge in [0.05, 0.1) is 37.0 Å². The normalized spacial score (nSPS) is 20.6. The molecule has 0 aliphatic carbocycles. The van der Waals surface area contributed by atoms with E-state index in [1.807, 2.05) is 17.2 Å². The summed E-state index contributed by atoms with van der Waals surface area (Å²) in [5.74, 6) is 1.68. The van der Waals surface area contributed by atoms with E-state index >= 15 is 0 Å². The largest absolute Gasteiger partial charge is 0.377 e. The second-order valence-electron chi connectivity index (χ2n) is 8.72. The molecule has 0 radical (unpaired) electrons. The summed E-state index contributed by atoms with van der Waals surface area (Å²) in [5.41, 5.74) is 3.55. The molecule has 30 heavy (non-hydrogen) atoms. The zero-order chi connectivity index (χ0) is 21.0. The smallest absolute Gasteiger partial charge is 0.220 e. The number of aromatic amines is 1. The molecule has 1 amide bonds. The van der Waals surface area contributed by atoms with Gasteiger partial charge in [-0.05, 0) is 32.9 Å². The first kappa shape index (κ1) is 19.1. The molecule has 7 heteroatoms. The number of rotatable bonds is 2. The summed E-state index contributed by atoms with van der Waals surface area (Å²) < 4.78 is 5.66. The van der Waals surface area contributed by atoms with E-state index in [-0.39, 0.29) is 11.9 Å². The third-order valence-corrected chi connectivity index (χ3v) is 6.41. The van der Waals surface area contributed by atoms with Crippen LogP contribution in [0, 0.1) is 0 Å². The quantitative estimate of drug-likeness (QED) is 0.707. The molecule has 0 saturated carbocycles. The topological polar surface area (TPSA) is 74.3 Å². The number of hydrogen-bond donors (Lipinski definition) is 1. The van der Waals surface area contributed by atoms with Crippen LogP contribution in [0.3, 0.4) is 0 Å². The Balaban J connectivity index is 1.75. The average molecular weight is 406 g/mol. The maximum Gasteiger partial charge on any atom is 0.220 e. The van der Waals surface area contributed by atoms with Crippen molar-refractivity contribution in [2.45, 2.75) is 45.8 Å². The third-order valence-electron chi connectivity index (χ3n) is 6.41. The van der Waals surface area contributed by atoms with E-state index in [0.29, 0.717) is 25.6 Å². The summed E-state index contributed by atoms with van der Waals surface area (Å²) in [6.07, 6.45) is 1.94. The maximum atomic E-state index is 12.4. The van der Waals surface area contributed by atoms with E-state index in [0.717, 1.165) is 40.1 Å². The number of benzene rings is 1. The highest BCUT2D eigenvalue weighted by Crippen LogP contribution is 2.43. The first-order valence-corrected chi connectivity index (χ1v) is 10.5. The number of ether oxygens (including phenoxy) is 1. The van der Waals surface area contributed by atoms with Crippen molar-refractivity contribution in [3.8, 4) is 11.4 Å². The minimum atomic E-state index is -0.491. The Bertz CT molecular complexity index is 1140. The van der Waals surface area contributed by atoms with Gasteiger partial charge in [0.15, 0.2) is 5.82 Å². The summed E-state index contributed by atoms with van der Waals surface area (Å²) in [6, 6.07) is 8.41. The molecular formula is C23H27N5O2. The zero-order valence-electron chi connectivity index (χ0n) is 17.9. The van der Waals surface area contributed by atoms with Gasteiger partial charge in [-0.3, -0.25) is 4.79 Å². The van der Waals surface area contributed by atoms with E-state index in [2.05, 4.69) is 48.9 Å². The second kappa shape index (κ2) is 6.80. The van der Waals surface area contributed by atoms with E-state index in [1.54, 1.807) is 6.92 Å². The average Bonchev–Trinajstić information content (AvgIpc) is 3.30. The van der Waals surface area contributed by atoms with Gasteiger partial charge in [0.2, 0.25) is 5.91 Å². The van der Waals surface area contributed by atoms with Crippen LogP contribution in [0.1, 0.15) is 39.0 Å². The molecule has 5 rings (SSSR count). The van der Waals surface area contributed by atoms with Gasteiger partial charge in [0.1, 0.15) is 5.82 Å². The third kappa shape index (κ3) is 2.80. The molecule has 7 nitrogen and oxygen atoms in total. The zero-order valence-corrected chi connectivity index (χ0v) is 17.9. The Morgan fingerprint density at radius 2 is 2.10 bits per heavy atom. The lowest BCUT2D eigenvalue weighted by molar-refractivity contribution is -0.134. The van der Waals surface area contributed by atoms with Gasteiger partial charge in [-0.25, -0.2) is 9.97 Å². The van der Waals surface area contributed by atoms with Crippen LogP contribution in [-0.4, -0.2) is 51.6 Å². The number of nitrogens with zero attached hydrogens (tertiary/aromatic N) is 4. The van der Waals surface area contributed by atoms with Crippen molar-refractivity contribution in [1.29, 1.82) is 0 Å². The Morgan fingerprint density at radius 3 is 2.87 bits per heavy atom. The molecule has 1 aromatic carbocycles. The first-order chi connectivity index (χ1) is 14.4. The Labute approximate surface area is 176 Å². The van der Waals surface area contributed by atoms with Gasteiger partial charge in [-0.15, -0.1) is 0 Å². The van der Waals surface area contributed by atoms with Gasteiger partial charge in [-0.2, -0.15) is 0 Å². The van der Waals surface area contributed by atoms with Gasteiger partial charge < -0.3 is 19.5 Å². The van der Waals surface area contributed by atoms with E-state index in [1.165, 1.54) is 0 Å². The lowest BCUT2D eigenvalue weighted by Crippen LogP contribution is -2.44. The van der Waals surface area contributed by atoms with Gasteiger partial charge >= 0.3 is 0 Å². The molecule has 156 valence electrons. The van der Waals surface area contributed by atoms with Gasteiger partial charge in [0, 0.05) is 41.7 Å². The number of aromatic nitrogens is 3. The molecule has 1 fully saturated rings. The molecule has 2 aromatic heterocycles. The Hall–Kier alpha value is -2.93. The fourth-order valence-electron chi connectivity index (χ4n) is 4.79. The van der Waals surface area contributed by atoms with Crippen molar-refractivity contribution in [2.75, 3.05) is 24.7 Å². The molecule has 4 heterocycles. The van der Waals surface area contributed by atoms with Crippen LogP contribution in [0.2, 0.25) is 0 Å². The van der Waals surface area contributed by atoms with Crippen molar-refractivity contribution < 1.29 is 9.53 Å². The molecular weight excluding hydrogens is 378 g/mol. The van der Waals surface area contributed by atoms with Crippen molar-refractivity contribution in [3.63, 3.8) is 0 Å². The SMILES string of the molecule is CC(=O)N1Cc2c(N3CCOC[C@H]3C)nc(-c3cccc4[nH]ccc34)nc2C1(C)C. The summed E-state index contributed by atoms with van der Waals surface area (Å²) in [5, 5.41) is 1.10. The number of carbonyl (C=O) groups is 1. The Kier molecular flexibility index (Phi) is 4.32. The predicted molar refractivity (Wildman–Crippen MR) is 116 cm³/mol. The highest BCUT2D eigenvalue weighted by Gasteiger charge is 2.43. The number of fused-ring (bicyclic) bond motifs is 2. The molecule has 0 unspecified atom stereocenters. The maximum absolute atomic E-state index is 12.4. The fraction of sp³-hybridized carbons (Fsp3) is 0.435. The van der Waals surface area contributed by atoms with Crippen molar-refractivity contribution >= 4 is 22.6 Å². The van der Waals surface area contributed by atoms with Crippen LogP contribution in [-0.2, 0) is 21.6 Å². The number of amides is 1. The van der Waals surface area contributed by atoms with Gasteiger partial charge in [-0.1, -0.05) is 12.1 Å². The molecule has 0 bridgehead atoms. The summed E-state index contributed by atoms with van der Waals surface area (Å²) >= 11 is 0. The van der Waals surface area contributed by atoms with Crippen LogP contribution in [0.5, 0.6) is 0 Å². The molecule has 2 aliphatic heterocycles. The highest BCUT2D eigenvalue weighted by molar-refractivity contribution is 5.93. The highest BCUT2D eigenvalue weighted by atomic mass is 16.5. The number of H-pyrrole nitrogens is 1. The second-order valence-corrected chi connectivity index (χ2v) is 8.72. The monoisotopic (exact) mass is 405 g/mol. The Morgan fingerprint density at radius 1 is 1.27 bits per heavy atom. The predicted octanol–water partition coefficient (Wildman–Crippen LogP) is 3.45. The minimum Gasteiger partial charge on any atom is -0.377 e. The van der Waals surface area contributed by atoms with Crippen molar-refractivity contribution in [1.82, 2.24) is 19.9 Å². The number of nitrogens with one attached hydrogen (secondary N) is 1. The van der Waals surface area contributed by atoms with Crippen molar-refractivity contribution in [3.05, 3.63) is 41.7 Å². The number of anilines is 1. The minimum absolute atomic E-state index is 0.0493. The van der Waals surface area contributed by atoms with E-state index < -0.39 is 5.54 Å². The molecule has 1 saturated heterocycles. The lowest BCUT2D eigenvalue weighted by atomic mass is 9.98. The fourth-order valence-corrected chi connectivity index (χ4v) is 4.79. The first-order valence-electron chi connectivity index (χ1n) is 10.5. The van der Waals surface area contributed by atoms with Crippen LogP contribution in [0.15, 0.2) is 30.5 Å². The summed E-state index contributed by atoms with van der Waals surface area (Å²) in [7, 11) is 0. The molecule has 1 N–H and O–H groups in total. The van der Waals surface area contributed by atoms with Crippen LogP contribution in [0.4, 0.5) is 5.82 Å². The molecule has 1 atom stereocenters. The van der Waals surface area contributed by atoms with Crippen LogP contribution < -0.4 is 4.90 Å². The number of carbonyl (C=O) groups excluding carboxylic acids is 1. The molecule has 2 aliphatic rings. The van der Waals surface area contributed by atoms with E-state index in [9.17, 15) is 4.79 Å². The number of morpholine rings is 1. The van der Waals surface area contributed by atoms with Crippen LogP contribution in [0.25, 0.3) is 22.3 Å². The van der Waals surface area contributed by atoms with Crippen LogP contribution >= 0.6 is 0 Å². The molecule has 0 spiro atoms. The lowest BCUT2D eigenvalue weighted by Gasteiger charge is -2.35. The molecule has 3 aromatic rings. The standard InChI is InChI=1S/C23H27N5O2/c1-14-13-30-11-10-27(14)22-18-12-28(15(2)29)23(3,4)20(18)25-21(26-22)17-6-5-7-19-16(17)8-9-24-19/h5-9,14,24H,10-13H2,1-4H3/t14-/m1/s1. The number of hydrogen-bond acceptors (Lipinski definition) is 5.